The van der Waals surface area contributed by atoms with Crippen LogP contribution in [0.2, 0.25) is 0 Å². The molecule has 0 atom stereocenters. The summed E-state index contributed by atoms with van der Waals surface area (Å²) < 4.78 is 0. The van der Waals surface area contributed by atoms with E-state index in [9.17, 15) is 4.79 Å². The molecule has 0 bridgehead atoms. The van der Waals surface area contributed by atoms with E-state index < -0.39 is 0 Å². The molecule has 0 heterocycles. The van der Waals surface area contributed by atoms with Crippen molar-refractivity contribution in [3.05, 3.63) is 35.4 Å². The van der Waals surface area contributed by atoms with Crippen LogP contribution in [0, 0.1) is 6.92 Å². The average Bonchev–Trinajstić information content (AvgIpc) is 2.15. The van der Waals surface area contributed by atoms with Gasteiger partial charge in [0.1, 0.15) is 0 Å². The molecule has 1 aromatic carbocycles. The number of rotatable bonds is 3. The molecule has 0 aliphatic rings. The molecule has 0 aliphatic carbocycles. The normalized spacial score (nSPS) is 10.3. The fourth-order valence-corrected chi connectivity index (χ4v) is 1.03. The molecule has 0 amide bonds. The SMILES string of the molecule is Cc1ccccc1C(=O)ONC(C)C. The quantitative estimate of drug-likeness (QED) is 0.747. The second kappa shape index (κ2) is 4.77. The largest absolute Gasteiger partial charge is 0.366 e. The maximum Gasteiger partial charge on any atom is 0.357 e. The van der Waals surface area contributed by atoms with Crippen molar-refractivity contribution in [1.29, 1.82) is 0 Å². The summed E-state index contributed by atoms with van der Waals surface area (Å²) in [5.74, 6) is -0.336. The van der Waals surface area contributed by atoms with E-state index in [-0.39, 0.29) is 12.0 Å². The zero-order valence-corrected chi connectivity index (χ0v) is 8.70. The number of nitrogens with one attached hydrogen (secondary N) is 1. The lowest BCUT2D eigenvalue weighted by Crippen LogP contribution is -2.26. The zero-order valence-electron chi connectivity index (χ0n) is 8.70. The highest BCUT2D eigenvalue weighted by Crippen LogP contribution is 2.07. The first-order chi connectivity index (χ1) is 6.61. The highest BCUT2D eigenvalue weighted by Gasteiger charge is 2.09. The van der Waals surface area contributed by atoms with E-state index in [1.807, 2.05) is 39.0 Å². The molecule has 3 heteroatoms. The highest BCUT2D eigenvalue weighted by molar-refractivity contribution is 5.90. The molecule has 0 unspecified atom stereocenters. The average molecular weight is 193 g/mol. The molecule has 0 spiro atoms. The summed E-state index contributed by atoms with van der Waals surface area (Å²) in [6.07, 6.45) is 0. The van der Waals surface area contributed by atoms with Crippen molar-refractivity contribution in [2.24, 2.45) is 0 Å². The molecule has 76 valence electrons. The van der Waals surface area contributed by atoms with E-state index in [0.717, 1.165) is 5.56 Å². The fraction of sp³-hybridized carbons (Fsp3) is 0.364. The summed E-state index contributed by atoms with van der Waals surface area (Å²) in [6.45, 7) is 5.70. The minimum absolute atomic E-state index is 0.128. The maximum absolute atomic E-state index is 11.5. The van der Waals surface area contributed by atoms with Gasteiger partial charge in [0.2, 0.25) is 0 Å². The molecular weight excluding hydrogens is 178 g/mol. The van der Waals surface area contributed by atoms with E-state index in [1.165, 1.54) is 0 Å². The smallest absolute Gasteiger partial charge is 0.357 e. The van der Waals surface area contributed by atoms with Crippen molar-refractivity contribution in [1.82, 2.24) is 5.48 Å². The monoisotopic (exact) mass is 193 g/mol. The molecule has 1 aromatic rings. The second-order valence-electron chi connectivity index (χ2n) is 3.48. The van der Waals surface area contributed by atoms with Crippen molar-refractivity contribution >= 4 is 5.97 Å². The maximum atomic E-state index is 11.5. The Balaban J connectivity index is 2.65. The first kappa shape index (κ1) is 10.7. The van der Waals surface area contributed by atoms with Gasteiger partial charge in [0.15, 0.2) is 0 Å². The molecule has 1 N–H and O–H groups in total. The van der Waals surface area contributed by atoms with Crippen molar-refractivity contribution in [2.75, 3.05) is 0 Å². The topological polar surface area (TPSA) is 38.3 Å². The Bertz CT molecular complexity index is 321. The Morgan fingerprint density at radius 3 is 2.57 bits per heavy atom. The molecule has 0 aromatic heterocycles. The van der Waals surface area contributed by atoms with Crippen LogP contribution in [0.25, 0.3) is 0 Å². The highest BCUT2D eigenvalue weighted by atomic mass is 16.7. The Hall–Kier alpha value is -1.35. The van der Waals surface area contributed by atoms with E-state index in [0.29, 0.717) is 5.56 Å². The molecule has 0 fully saturated rings. The van der Waals surface area contributed by atoms with E-state index in [1.54, 1.807) is 6.07 Å². The lowest BCUT2D eigenvalue weighted by Gasteiger charge is -2.09. The number of hydrogen-bond donors (Lipinski definition) is 1. The summed E-state index contributed by atoms with van der Waals surface area (Å²) in [4.78, 5) is 16.4. The van der Waals surface area contributed by atoms with Gasteiger partial charge in [-0.2, -0.15) is 5.48 Å². The first-order valence-corrected chi connectivity index (χ1v) is 4.63. The Kier molecular flexibility index (Phi) is 3.65. The van der Waals surface area contributed by atoms with Gasteiger partial charge in [0.05, 0.1) is 5.56 Å². The van der Waals surface area contributed by atoms with Gasteiger partial charge >= 0.3 is 5.97 Å². The van der Waals surface area contributed by atoms with Crippen LogP contribution in [0.5, 0.6) is 0 Å². The molecule has 0 aliphatic heterocycles. The van der Waals surface area contributed by atoms with Crippen LogP contribution in [0.3, 0.4) is 0 Å². The number of hydrogen-bond acceptors (Lipinski definition) is 3. The first-order valence-electron chi connectivity index (χ1n) is 4.63. The van der Waals surface area contributed by atoms with Gasteiger partial charge in [-0.1, -0.05) is 18.2 Å². The van der Waals surface area contributed by atoms with Crippen molar-refractivity contribution in [3.8, 4) is 0 Å². The van der Waals surface area contributed by atoms with Crippen molar-refractivity contribution in [2.45, 2.75) is 26.8 Å². The van der Waals surface area contributed by atoms with Crippen LogP contribution in [0.15, 0.2) is 24.3 Å². The Morgan fingerprint density at radius 2 is 2.00 bits per heavy atom. The van der Waals surface area contributed by atoms with Crippen molar-refractivity contribution < 1.29 is 9.63 Å². The third-order valence-electron chi connectivity index (χ3n) is 1.75. The van der Waals surface area contributed by atoms with Crippen LogP contribution in [0.1, 0.15) is 29.8 Å². The lowest BCUT2D eigenvalue weighted by atomic mass is 10.1. The third kappa shape index (κ3) is 2.85. The number of carbonyl (C=O) groups excluding carboxylic acids is 1. The molecule has 14 heavy (non-hydrogen) atoms. The predicted octanol–water partition coefficient (Wildman–Crippen LogP) is 2.06. The van der Waals surface area contributed by atoms with Crippen LogP contribution in [-0.4, -0.2) is 12.0 Å². The van der Waals surface area contributed by atoms with Gasteiger partial charge in [0.25, 0.3) is 0 Å². The summed E-state index contributed by atoms with van der Waals surface area (Å²) in [5.41, 5.74) is 4.14. The van der Waals surface area contributed by atoms with Gasteiger partial charge in [-0.3, -0.25) is 0 Å². The third-order valence-corrected chi connectivity index (χ3v) is 1.75. The summed E-state index contributed by atoms with van der Waals surface area (Å²) in [7, 11) is 0. The zero-order chi connectivity index (χ0) is 10.6. The van der Waals surface area contributed by atoms with Crippen LogP contribution in [-0.2, 0) is 4.84 Å². The molecule has 1 rings (SSSR count). The Labute approximate surface area is 84.0 Å². The molecule has 0 radical (unpaired) electrons. The summed E-state index contributed by atoms with van der Waals surface area (Å²) in [5, 5.41) is 0. The molecular formula is C11H15NO2. The summed E-state index contributed by atoms with van der Waals surface area (Å²) in [6, 6.07) is 7.47. The lowest BCUT2D eigenvalue weighted by molar-refractivity contribution is 0.0187. The van der Waals surface area contributed by atoms with Gasteiger partial charge in [0, 0.05) is 6.04 Å². The van der Waals surface area contributed by atoms with Crippen LogP contribution in [0.4, 0.5) is 0 Å². The molecule has 0 saturated heterocycles. The summed E-state index contributed by atoms with van der Waals surface area (Å²) >= 11 is 0. The van der Waals surface area contributed by atoms with Gasteiger partial charge in [-0.05, 0) is 32.4 Å². The molecule has 3 nitrogen and oxygen atoms in total. The second-order valence-corrected chi connectivity index (χ2v) is 3.48. The van der Waals surface area contributed by atoms with Gasteiger partial charge in [-0.25, -0.2) is 4.79 Å². The fourth-order valence-electron chi connectivity index (χ4n) is 1.03. The van der Waals surface area contributed by atoms with E-state index in [4.69, 9.17) is 4.84 Å². The van der Waals surface area contributed by atoms with Gasteiger partial charge in [-0.15, -0.1) is 0 Å². The number of carbonyl (C=O) groups is 1. The van der Waals surface area contributed by atoms with E-state index >= 15 is 0 Å². The predicted molar refractivity (Wildman–Crippen MR) is 54.9 cm³/mol. The number of aryl methyl sites for hydroxylation is 1. The van der Waals surface area contributed by atoms with E-state index in [2.05, 4.69) is 5.48 Å². The Morgan fingerprint density at radius 1 is 1.36 bits per heavy atom. The van der Waals surface area contributed by atoms with Crippen molar-refractivity contribution in [3.63, 3.8) is 0 Å². The number of benzene rings is 1. The van der Waals surface area contributed by atoms with Crippen LogP contribution < -0.4 is 5.48 Å². The number of hydroxylamine groups is 1. The standard InChI is InChI=1S/C11H15NO2/c1-8(2)12-14-11(13)10-7-5-4-6-9(10)3/h4-8,12H,1-3H3. The molecule has 0 saturated carbocycles. The van der Waals surface area contributed by atoms with Crippen LogP contribution >= 0.6 is 0 Å². The van der Waals surface area contributed by atoms with Gasteiger partial charge < -0.3 is 4.84 Å². The minimum atomic E-state index is -0.336. The minimum Gasteiger partial charge on any atom is -0.366 e.